The molecular formula is C19H21F2N3O4S. The first-order valence-electron chi connectivity index (χ1n) is 8.55. The predicted molar refractivity (Wildman–Crippen MR) is 106 cm³/mol. The number of anilines is 2. The first-order valence-corrected chi connectivity index (χ1v) is 10.1. The quantitative estimate of drug-likeness (QED) is 0.678. The molecule has 0 unspecified atom stereocenters. The van der Waals surface area contributed by atoms with E-state index in [2.05, 4.69) is 10.6 Å². The van der Waals surface area contributed by atoms with Crippen molar-refractivity contribution < 1.29 is 26.8 Å². The number of likely N-dealkylation sites (N-methyl/N-ethyl adjacent to an activating group) is 1. The van der Waals surface area contributed by atoms with Gasteiger partial charge in [-0.3, -0.25) is 14.5 Å². The number of hydrogen-bond acceptors (Lipinski definition) is 5. The monoisotopic (exact) mass is 425 g/mol. The average molecular weight is 425 g/mol. The Morgan fingerprint density at radius 3 is 2.10 bits per heavy atom. The van der Waals surface area contributed by atoms with E-state index >= 15 is 0 Å². The number of nitrogens with zero attached hydrogens (tertiary/aromatic N) is 1. The van der Waals surface area contributed by atoms with E-state index in [4.69, 9.17) is 0 Å². The Bertz CT molecular complexity index is 979. The highest BCUT2D eigenvalue weighted by atomic mass is 32.2. The number of carbonyl (C=O) groups is 2. The van der Waals surface area contributed by atoms with Crippen LogP contribution in [0.25, 0.3) is 0 Å². The van der Waals surface area contributed by atoms with Crippen molar-refractivity contribution in [2.75, 3.05) is 30.8 Å². The number of hydrogen-bond donors (Lipinski definition) is 2. The zero-order valence-corrected chi connectivity index (χ0v) is 16.7. The minimum atomic E-state index is -4.86. The van der Waals surface area contributed by atoms with Crippen LogP contribution in [0.5, 0.6) is 0 Å². The first-order chi connectivity index (χ1) is 13.6. The molecule has 2 rings (SSSR count). The normalized spacial score (nSPS) is 11.5. The number of nitrogens with one attached hydrogen (secondary N) is 2. The van der Waals surface area contributed by atoms with Crippen LogP contribution in [0.15, 0.2) is 53.4 Å². The number of aryl methyl sites for hydroxylation is 1. The molecule has 0 aromatic heterocycles. The summed E-state index contributed by atoms with van der Waals surface area (Å²) in [6.45, 7) is 1.57. The molecule has 0 atom stereocenters. The summed E-state index contributed by atoms with van der Waals surface area (Å²) in [5.41, 5.74) is 1.42. The molecule has 2 aromatic carbocycles. The highest BCUT2D eigenvalue weighted by Crippen LogP contribution is 2.26. The molecule has 0 saturated carbocycles. The van der Waals surface area contributed by atoms with Crippen LogP contribution < -0.4 is 10.6 Å². The van der Waals surface area contributed by atoms with Crippen molar-refractivity contribution in [1.82, 2.24) is 4.90 Å². The summed E-state index contributed by atoms with van der Waals surface area (Å²) >= 11 is 0. The number of benzene rings is 2. The molecule has 10 heteroatoms. The van der Waals surface area contributed by atoms with Crippen LogP contribution >= 0.6 is 0 Å². The number of carbonyl (C=O) groups excluding carboxylic acids is 2. The SMILES string of the molecule is Cc1ccc(NC(=O)CN(C)CC(=O)Nc2ccccc2S(=O)(=O)C(F)F)cc1. The zero-order valence-electron chi connectivity index (χ0n) is 15.9. The summed E-state index contributed by atoms with van der Waals surface area (Å²) in [4.78, 5) is 25.0. The van der Waals surface area contributed by atoms with Crippen LogP contribution in [0.1, 0.15) is 5.56 Å². The van der Waals surface area contributed by atoms with Gasteiger partial charge in [-0.1, -0.05) is 29.8 Å². The van der Waals surface area contributed by atoms with Gasteiger partial charge in [0.2, 0.25) is 21.7 Å². The Hall–Kier alpha value is -2.85. The van der Waals surface area contributed by atoms with Crippen molar-refractivity contribution in [3.63, 3.8) is 0 Å². The summed E-state index contributed by atoms with van der Waals surface area (Å²) in [6, 6.07) is 12.1. The first kappa shape index (κ1) is 22.4. The van der Waals surface area contributed by atoms with Crippen LogP contribution in [0.4, 0.5) is 20.2 Å². The lowest BCUT2D eigenvalue weighted by Gasteiger charge is -2.17. The molecule has 2 aromatic rings. The van der Waals surface area contributed by atoms with Gasteiger partial charge in [-0.15, -0.1) is 0 Å². The van der Waals surface area contributed by atoms with Crippen LogP contribution in [-0.4, -0.2) is 51.0 Å². The van der Waals surface area contributed by atoms with Gasteiger partial charge in [0, 0.05) is 5.69 Å². The van der Waals surface area contributed by atoms with Gasteiger partial charge in [0.25, 0.3) is 0 Å². The highest BCUT2D eigenvalue weighted by Gasteiger charge is 2.29. The van der Waals surface area contributed by atoms with Crippen molar-refractivity contribution in [1.29, 1.82) is 0 Å². The van der Waals surface area contributed by atoms with E-state index in [1.807, 2.05) is 19.1 Å². The van der Waals surface area contributed by atoms with Crippen LogP contribution in [0, 0.1) is 6.92 Å². The largest absolute Gasteiger partial charge is 0.341 e. The molecule has 0 aliphatic heterocycles. The Kier molecular flexibility index (Phi) is 7.40. The molecule has 0 fully saturated rings. The molecule has 0 spiro atoms. The average Bonchev–Trinajstić information content (AvgIpc) is 2.63. The standard InChI is InChI=1S/C19H21F2N3O4S/c1-13-7-9-14(10-8-13)22-17(25)11-24(2)12-18(26)23-15-5-3-4-6-16(15)29(27,28)19(20)21/h3-10,19H,11-12H2,1-2H3,(H,22,25)(H,23,26). The lowest BCUT2D eigenvalue weighted by atomic mass is 10.2. The Morgan fingerprint density at radius 1 is 0.966 bits per heavy atom. The molecule has 2 N–H and O–H groups in total. The second kappa shape index (κ2) is 9.57. The van der Waals surface area contributed by atoms with E-state index in [-0.39, 0.29) is 24.7 Å². The Morgan fingerprint density at radius 2 is 1.52 bits per heavy atom. The van der Waals surface area contributed by atoms with E-state index in [0.29, 0.717) is 5.69 Å². The number of amides is 2. The van der Waals surface area contributed by atoms with Crippen LogP contribution in [0.3, 0.4) is 0 Å². The van der Waals surface area contributed by atoms with Gasteiger partial charge in [-0.05, 0) is 38.2 Å². The van der Waals surface area contributed by atoms with Gasteiger partial charge < -0.3 is 10.6 Å². The predicted octanol–water partition coefficient (Wildman–Crippen LogP) is 2.50. The maximum Gasteiger partial charge on any atom is 0.341 e. The molecule has 0 saturated heterocycles. The molecule has 29 heavy (non-hydrogen) atoms. The van der Waals surface area contributed by atoms with Crippen molar-refractivity contribution in [3.05, 3.63) is 54.1 Å². The smallest absolute Gasteiger partial charge is 0.325 e. The Labute approximate surface area is 167 Å². The van der Waals surface area contributed by atoms with E-state index in [1.165, 1.54) is 30.1 Å². The summed E-state index contributed by atoms with van der Waals surface area (Å²) in [5, 5.41) is 5.00. The Balaban J connectivity index is 1.95. The van der Waals surface area contributed by atoms with Crippen molar-refractivity contribution in [2.24, 2.45) is 0 Å². The topological polar surface area (TPSA) is 95.6 Å². The second-order valence-electron chi connectivity index (χ2n) is 6.44. The van der Waals surface area contributed by atoms with E-state index < -0.39 is 26.4 Å². The molecule has 2 amide bonds. The molecule has 7 nitrogen and oxygen atoms in total. The van der Waals surface area contributed by atoms with Crippen LogP contribution in [-0.2, 0) is 19.4 Å². The summed E-state index contributed by atoms with van der Waals surface area (Å²) < 4.78 is 49.1. The molecular weight excluding hydrogens is 404 g/mol. The number of para-hydroxylation sites is 1. The van der Waals surface area contributed by atoms with Gasteiger partial charge in [-0.25, -0.2) is 8.42 Å². The maximum absolute atomic E-state index is 12.8. The van der Waals surface area contributed by atoms with E-state index in [9.17, 15) is 26.8 Å². The van der Waals surface area contributed by atoms with Crippen molar-refractivity contribution in [3.8, 4) is 0 Å². The lowest BCUT2D eigenvalue weighted by Crippen LogP contribution is -2.36. The van der Waals surface area contributed by atoms with Crippen LogP contribution in [0.2, 0.25) is 0 Å². The van der Waals surface area contributed by atoms with Gasteiger partial charge in [0.1, 0.15) is 0 Å². The third-order valence-corrected chi connectivity index (χ3v) is 5.30. The van der Waals surface area contributed by atoms with Gasteiger partial charge >= 0.3 is 5.76 Å². The molecule has 0 bridgehead atoms. The number of alkyl halides is 2. The minimum absolute atomic E-state index is 0.0989. The molecule has 0 heterocycles. The van der Waals surface area contributed by atoms with Gasteiger partial charge in [0.15, 0.2) is 0 Å². The molecule has 0 radical (unpaired) electrons. The summed E-state index contributed by atoms with van der Waals surface area (Å²) in [6.07, 6.45) is 0. The third-order valence-electron chi connectivity index (χ3n) is 3.86. The molecule has 156 valence electrons. The van der Waals surface area contributed by atoms with Crippen molar-refractivity contribution >= 4 is 33.0 Å². The third kappa shape index (κ3) is 6.33. The fraction of sp³-hybridized carbons (Fsp3) is 0.263. The fourth-order valence-electron chi connectivity index (χ4n) is 2.49. The second-order valence-corrected chi connectivity index (χ2v) is 8.32. The molecule has 0 aliphatic rings. The van der Waals surface area contributed by atoms with Gasteiger partial charge in [-0.2, -0.15) is 8.78 Å². The summed E-state index contributed by atoms with van der Waals surface area (Å²) in [7, 11) is -3.34. The van der Waals surface area contributed by atoms with Crippen molar-refractivity contribution in [2.45, 2.75) is 17.6 Å². The number of sulfone groups is 1. The fourth-order valence-corrected chi connectivity index (χ4v) is 3.37. The number of halogens is 2. The lowest BCUT2D eigenvalue weighted by molar-refractivity contribution is -0.119. The number of rotatable bonds is 8. The minimum Gasteiger partial charge on any atom is -0.325 e. The van der Waals surface area contributed by atoms with E-state index in [0.717, 1.165) is 11.6 Å². The van der Waals surface area contributed by atoms with E-state index in [1.54, 1.807) is 12.1 Å². The van der Waals surface area contributed by atoms with Gasteiger partial charge in [0.05, 0.1) is 23.7 Å². The highest BCUT2D eigenvalue weighted by molar-refractivity contribution is 7.91. The summed E-state index contributed by atoms with van der Waals surface area (Å²) in [5.74, 6) is -4.59. The maximum atomic E-state index is 12.8. The molecule has 0 aliphatic carbocycles. The zero-order chi connectivity index (χ0) is 21.6.